The van der Waals surface area contributed by atoms with Gasteiger partial charge in [0.05, 0.1) is 5.02 Å². The third-order valence-corrected chi connectivity index (χ3v) is 3.25. The molecule has 0 aliphatic carbocycles. The number of hydrogen-bond acceptors (Lipinski definition) is 3. The topological polar surface area (TPSA) is 28.2 Å². The predicted molar refractivity (Wildman–Crippen MR) is 88.6 cm³/mol. The number of nitrogens with one attached hydrogen (secondary N) is 1. The Morgan fingerprint density at radius 2 is 2.00 bits per heavy atom. The van der Waals surface area contributed by atoms with E-state index in [0.717, 1.165) is 36.0 Å². The molecule has 0 amide bonds. The van der Waals surface area contributed by atoms with Crippen molar-refractivity contribution >= 4 is 17.4 Å². The standard InChI is InChI=1S/C16H28ClN3/c1-7-20(11-12(2)3)15-14(17)8-13(9-18-15)10-19-16(4,5)6/h8-9,12,19H,7,10-11H2,1-6H3. The smallest absolute Gasteiger partial charge is 0.147 e. The molecule has 0 aliphatic heterocycles. The number of rotatable bonds is 6. The molecule has 1 aromatic rings. The van der Waals surface area contributed by atoms with Gasteiger partial charge in [-0.25, -0.2) is 4.98 Å². The maximum atomic E-state index is 6.40. The first kappa shape index (κ1) is 17.3. The lowest BCUT2D eigenvalue weighted by Crippen LogP contribution is -2.35. The summed E-state index contributed by atoms with van der Waals surface area (Å²) in [6.45, 7) is 15.7. The second kappa shape index (κ2) is 7.28. The number of pyridine rings is 1. The van der Waals surface area contributed by atoms with Crippen molar-refractivity contribution in [1.29, 1.82) is 0 Å². The summed E-state index contributed by atoms with van der Waals surface area (Å²) in [6, 6.07) is 2.02. The lowest BCUT2D eigenvalue weighted by Gasteiger charge is -2.25. The van der Waals surface area contributed by atoms with Crippen molar-refractivity contribution < 1.29 is 0 Å². The summed E-state index contributed by atoms with van der Waals surface area (Å²) in [5.41, 5.74) is 1.22. The van der Waals surface area contributed by atoms with Gasteiger partial charge in [-0.05, 0) is 45.2 Å². The van der Waals surface area contributed by atoms with Crippen LogP contribution in [0, 0.1) is 5.92 Å². The molecule has 1 aromatic heterocycles. The van der Waals surface area contributed by atoms with Crippen molar-refractivity contribution in [3.8, 4) is 0 Å². The van der Waals surface area contributed by atoms with Crippen LogP contribution in [0.4, 0.5) is 5.82 Å². The first-order valence-electron chi connectivity index (χ1n) is 7.37. The monoisotopic (exact) mass is 297 g/mol. The summed E-state index contributed by atoms with van der Waals surface area (Å²) in [7, 11) is 0. The molecule has 20 heavy (non-hydrogen) atoms. The van der Waals surface area contributed by atoms with Crippen molar-refractivity contribution in [2.45, 2.75) is 53.6 Å². The second-order valence-electron chi connectivity index (χ2n) is 6.69. The van der Waals surface area contributed by atoms with Crippen LogP contribution >= 0.6 is 11.6 Å². The maximum Gasteiger partial charge on any atom is 0.147 e. The highest BCUT2D eigenvalue weighted by atomic mass is 35.5. The largest absolute Gasteiger partial charge is 0.355 e. The summed E-state index contributed by atoms with van der Waals surface area (Å²) < 4.78 is 0. The van der Waals surface area contributed by atoms with E-state index in [-0.39, 0.29) is 5.54 Å². The summed E-state index contributed by atoms with van der Waals surface area (Å²) in [5.74, 6) is 1.48. The number of nitrogens with zero attached hydrogens (tertiary/aromatic N) is 2. The molecule has 3 nitrogen and oxygen atoms in total. The molecule has 0 bridgehead atoms. The van der Waals surface area contributed by atoms with E-state index in [2.05, 4.69) is 56.7 Å². The Balaban J connectivity index is 2.81. The molecule has 0 aliphatic rings. The average molecular weight is 298 g/mol. The van der Waals surface area contributed by atoms with E-state index in [0.29, 0.717) is 5.92 Å². The minimum atomic E-state index is 0.0955. The highest BCUT2D eigenvalue weighted by Gasteiger charge is 2.14. The fraction of sp³-hybridized carbons (Fsp3) is 0.688. The molecule has 114 valence electrons. The minimum Gasteiger partial charge on any atom is -0.355 e. The van der Waals surface area contributed by atoms with Crippen molar-refractivity contribution in [2.24, 2.45) is 5.92 Å². The highest BCUT2D eigenvalue weighted by Crippen LogP contribution is 2.25. The van der Waals surface area contributed by atoms with Gasteiger partial charge in [-0.15, -0.1) is 0 Å². The van der Waals surface area contributed by atoms with Gasteiger partial charge in [0.2, 0.25) is 0 Å². The first-order valence-corrected chi connectivity index (χ1v) is 7.75. The van der Waals surface area contributed by atoms with Gasteiger partial charge in [0.15, 0.2) is 0 Å². The molecule has 0 fully saturated rings. The van der Waals surface area contributed by atoms with Gasteiger partial charge in [-0.2, -0.15) is 0 Å². The van der Waals surface area contributed by atoms with E-state index in [1.54, 1.807) is 0 Å². The van der Waals surface area contributed by atoms with Crippen LogP contribution in [0.2, 0.25) is 5.02 Å². The van der Waals surface area contributed by atoms with Gasteiger partial charge in [-0.3, -0.25) is 0 Å². The summed E-state index contributed by atoms with van der Waals surface area (Å²) in [6.07, 6.45) is 1.92. The van der Waals surface area contributed by atoms with Crippen LogP contribution in [-0.2, 0) is 6.54 Å². The quantitative estimate of drug-likeness (QED) is 0.856. The molecule has 0 aromatic carbocycles. The first-order chi connectivity index (χ1) is 9.23. The Labute approximate surface area is 128 Å². The van der Waals surface area contributed by atoms with Gasteiger partial charge in [0, 0.05) is 31.4 Å². The van der Waals surface area contributed by atoms with E-state index in [9.17, 15) is 0 Å². The zero-order chi connectivity index (χ0) is 15.3. The molecule has 1 rings (SSSR count). The fourth-order valence-electron chi connectivity index (χ4n) is 1.97. The molecule has 1 N–H and O–H groups in total. The van der Waals surface area contributed by atoms with E-state index in [1.165, 1.54) is 0 Å². The van der Waals surface area contributed by atoms with Crippen LogP contribution in [0.25, 0.3) is 0 Å². The zero-order valence-corrected chi connectivity index (χ0v) is 14.4. The van der Waals surface area contributed by atoms with Crippen molar-refractivity contribution in [1.82, 2.24) is 10.3 Å². The Morgan fingerprint density at radius 1 is 1.35 bits per heavy atom. The number of aromatic nitrogens is 1. The third-order valence-electron chi connectivity index (χ3n) is 2.97. The van der Waals surface area contributed by atoms with Crippen molar-refractivity contribution in [2.75, 3.05) is 18.0 Å². The normalized spacial score (nSPS) is 12.0. The van der Waals surface area contributed by atoms with Gasteiger partial charge >= 0.3 is 0 Å². The summed E-state index contributed by atoms with van der Waals surface area (Å²) in [4.78, 5) is 6.79. The highest BCUT2D eigenvalue weighted by molar-refractivity contribution is 6.33. The molecule has 1 heterocycles. The van der Waals surface area contributed by atoms with E-state index in [4.69, 9.17) is 11.6 Å². The van der Waals surface area contributed by atoms with Crippen LogP contribution in [0.1, 0.15) is 47.1 Å². The van der Waals surface area contributed by atoms with Crippen LogP contribution in [0.5, 0.6) is 0 Å². The lowest BCUT2D eigenvalue weighted by atomic mass is 10.1. The average Bonchev–Trinajstić information content (AvgIpc) is 2.33. The van der Waals surface area contributed by atoms with E-state index in [1.807, 2.05) is 12.3 Å². The van der Waals surface area contributed by atoms with Crippen molar-refractivity contribution in [3.63, 3.8) is 0 Å². The van der Waals surface area contributed by atoms with Crippen LogP contribution < -0.4 is 10.2 Å². The molecule has 0 saturated heterocycles. The zero-order valence-electron chi connectivity index (χ0n) is 13.6. The Morgan fingerprint density at radius 3 is 2.45 bits per heavy atom. The molecule has 4 heteroatoms. The Hall–Kier alpha value is -0.800. The molecule has 0 radical (unpaired) electrons. The molecule has 0 spiro atoms. The van der Waals surface area contributed by atoms with Crippen LogP contribution in [-0.4, -0.2) is 23.6 Å². The molecule has 0 saturated carbocycles. The van der Waals surface area contributed by atoms with Crippen LogP contribution in [0.15, 0.2) is 12.3 Å². The van der Waals surface area contributed by atoms with Gasteiger partial charge in [0.25, 0.3) is 0 Å². The third kappa shape index (κ3) is 5.68. The number of anilines is 1. The minimum absolute atomic E-state index is 0.0955. The van der Waals surface area contributed by atoms with E-state index < -0.39 is 0 Å². The summed E-state index contributed by atoms with van der Waals surface area (Å²) in [5, 5.41) is 4.18. The Bertz CT molecular complexity index is 424. The fourth-order valence-corrected chi connectivity index (χ4v) is 2.28. The summed E-state index contributed by atoms with van der Waals surface area (Å²) >= 11 is 6.40. The SMILES string of the molecule is CCN(CC(C)C)c1ncc(CNC(C)(C)C)cc1Cl. The molecular weight excluding hydrogens is 270 g/mol. The predicted octanol–water partition coefficient (Wildman–Crippen LogP) is 4.11. The number of halogens is 1. The maximum absolute atomic E-state index is 6.40. The second-order valence-corrected chi connectivity index (χ2v) is 7.09. The van der Waals surface area contributed by atoms with Gasteiger partial charge in [0.1, 0.15) is 5.82 Å². The van der Waals surface area contributed by atoms with Gasteiger partial charge < -0.3 is 10.2 Å². The molecule has 0 unspecified atom stereocenters. The number of hydrogen-bond donors (Lipinski definition) is 1. The Kier molecular flexibility index (Phi) is 6.28. The van der Waals surface area contributed by atoms with E-state index >= 15 is 0 Å². The van der Waals surface area contributed by atoms with Crippen molar-refractivity contribution in [3.05, 3.63) is 22.8 Å². The molecule has 0 atom stereocenters. The van der Waals surface area contributed by atoms with Gasteiger partial charge in [-0.1, -0.05) is 25.4 Å². The lowest BCUT2D eigenvalue weighted by molar-refractivity contribution is 0.424. The molecular formula is C16H28ClN3. The van der Waals surface area contributed by atoms with Crippen LogP contribution in [0.3, 0.4) is 0 Å².